The highest BCUT2D eigenvalue weighted by Crippen LogP contribution is 2.22. The number of aromatic nitrogens is 2. The second-order valence-electron chi connectivity index (χ2n) is 5.92. The monoisotopic (exact) mass is 338 g/mol. The molecule has 6 heteroatoms. The fourth-order valence-electron chi connectivity index (χ4n) is 3.13. The van der Waals surface area contributed by atoms with Gasteiger partial charge in [-0.2, -0.15) is 0 Å². The fraction of sp³-hybridized carbons (Fsp3) is 0.278. The van der Waals surface area contributed by atoms with Crippen molar-refractivity contribution < 1.29 is 4.79 Å². The molecule has 1 amide bonds. The van der Waals surface area contributed by atoms with Gasteiger partial charge in [0.25, 0.3) is 5.91 Å². The van der Waals surface area contributed by atoms with Crippen molar-refractivity contribution in [3.8, 4) is 0 Å². The maximum absolute atomic E-state index is 13.0. The van der Waals surface area contributed by atoms with E-state index in [-0.39, 0.29) is 5.91 Å². The molecule has 0 spiro atoms. The van der Waals surface area contributed by atoms with Gasteiger partial charge in [-0.1, -0.05) is 18.2 Å². The molecule has 3 heterocycles. The molecule has 1 saturated heterocycles. The van der Waals surface area contributed by atoms with Gasteiger partial charge >= 0.3 is 0 Å². The van der Waals surface area contributed by atoms with Crippen LogP contribution in [-0.4, -0.2) is 47.0 Å². The maximum atomic E-state index is 13.0. The van der Waals surface area contributed by atoms with Crippen LogP contribution in [0.2, 0.25) is 0 Å². The number of aryl methyl sites for hydroxylation is 1. The quantitative estimate of drug-likeness (QED) is 0.721. The zero-order valence-corrected chi connectivity index (χ0v) is 14.3. The second kappa shape index (κ2) is 6.20. The summed E-state index contributed by atoms with van der Waals surface area (Å²) in [4.78, 5) is 26.1. The number of carbonyl (C=O) groups is 1. The van der Waals surface area contributed by atoms with Gasteiger partial charge in [0.05, 0.1) is 11.1 Å². The molecule has 0 unspecified atom stereocenters. The smallest absolute Gasteiger partial charge is 0.254 e. The SMILES string of the molecule is Cc1cc(C(=O)N2CCN(c3nccs3)CC2)c2ccccc2n1. The molecule has 0 atom stereocenters. The number of rotatable bonds is 2. The number of thiazole rings is 1. The highest BCUT2D eigenvalue weighted by molar-refractivity contribution is 7.13. The average molecular weight is 338 g/mol. The van der Waals surface area contributed by atoms with Crippen LogP contribution in [0, 0.1) is 6.92 Å². The standard InChI is InChI=1S/C18H18N4OS/c1-13-12-15(14-4-2-3-5-16(14)20-13)17(23)21-7-9-22(10-8-21)18-19-6-11-24-18/h2-6,11-12H,7-10H2,1H3. The number of nitrogens with zero attached hydrogens (tertiary/aromatic N) is 4. The molecule has 4 rings (SSSR count). The van der Waals surface area contributed by atoms with E-state index in [1.165, 1.54) is 0 Å². The lowest BCUT2D eigenvalue weighted by molar-refractivity contribution is 0.0748. The number of fused-ring (bicyclic) bond motifs is 1. The Kier molecular flexibility index (Phi) is 3.90. The molecule has 0 saturated carbocycles. The summed E-state index contributed by atoms with van der Waals surface area (Å²) in [7, 11) is 0. The highest BCUT2D eigenvalue weighted by atomic mass is 32.1. The number of hydrogen-bond donors (Lipinski definition) is 0. The van der Waals surface area contributed by atoms with Crippen molar-refractivity contribution in [1.29, 1.82) is 0 Å². The minimum absolute atomic E-state index is 0.0930. The van der Waals surface area contributed by atoms with Crippen molar-refractivity contribution in [2.45, 2.75) is 6.92 Å². The van der Waals surface area contributed by atoms with Crippen LogP contribution in [0.25, 0.3) is 10.9 Å². The number of hydrogen-bond acceptors (Lipinski definition) is 5. The van der Waals surface area contributed by atoms with Crippen LogP contribution in [-0.2, 0) is 0 Å². The largest absolute Gasteiger partial charge is 0.345 e. The molecule has 1 aliphatic heterocycles. The van der Waals surface area contributed by atoms with E-state index in [1.54, 1.807) is 11.3 Å². The molecular formula is C18H18N4OS. The Morgan fingerprint density at radius 3 is 2.71 bits per heavy atom. The number of benzene rings is 1. The van der Waals surface area contributed by atoms with Crippen LogP contribution in [0.3, 0.4) is 0 Å². The molecule has 24 heavy (non-hydrogen) atoms. The molecular weight excluding hydrogens is 320 g/mol. The van der Waals surface area contributed by atoms with Crippen molar-refractivity contribution in [2.24, 2.45) is 0 Å². The van der Waals surface area contributed by atoms with Crippen LogP contribution in [0.1, 0.15) is 16.1 Å². The van der Waals surface area contributed by atoms with Gasteiger partial charge in [0.15, 0.2) is 5.13 Å². The van der Waals surface area contributed by atoms with Gasteiger partial charge in [-0.25, -0.2) is 4.98 Å². The number of para-hydroxylation sites is 1. The van der Waals surface area contributed by atoms with Crippen LogP contribution in [0.15, 0.2) is 41.9 Å². The van der Waals surface area contributed by atoms with Crippen molar-refractivity contribution in [3.63, 3.8) is 0 Å². The van der Waals surface area contributed by atoms with E-state index in [9.17, 15) is 4.79 Å². The Labute approximate surface area is 144 Å². The van der Waals surface area contributed by atoms with E-state index in [0.717, 1.165) is 40.4 Å². The normalized spacial score (nSPS) is 15.0. The maximum Gasteiger partial charge on any atom is 0.254 e. The summed E-state index contributed by atoms with van der Waals surface area (Å²) in [5, 5.41) is 3.95. The number of amides is 1. The van der Waals surface area contributed by atoms with E-state index < -0.39 is 0 Å². The Hall–Kier alpha value is -2.47. The summed E-state index contributed by atoms with van der Waals surface area (Å²) in [5.41, 5.74) is 2.50. The summed E-state index contributed by atoms with van der Waals surface area (Å²) >= 11 is 1.64. The number of anilines is 1. The summed E-state index contributed by atoms with van der Waals surface area (Å²) in [5.74, 6) is 0.0930. The lowest BCUT2D eigenvalue weighted by Crippen LogP contribution is -2.48. The molecule has 1 aliphatic rings. The zero-order valence-electron chi connectivity index (χ0n) is 13.5. The predicted octanol–water partition coefficient (Wildman–Crippen LogP) is 2.96. The van der Waals surface area contributed by atoms with Crippen molar-refractivity contribution >= 4 is 33.3 Å². The van der Waals surface area contributed by atoms with Crippen LogP contribution < -0.4 is 4.90 Å². The third kappa shape index (κ3) is 2.73. The van der Waals surface area contributed by atoms with Gasteiger partial charge < -0.3 is 9.80 Å². The topological polar surface area (TPSA) is 49.3 Å². The molecule has 5 nitrogen and oxygen atoms in total. The molecule has 1 fully saturated rings. The lowest BCUT2D eigenvalue weighted by Gasteiger charge is -2.34. The van der Waals surface area contributed by atoms with E-state index in [2.05, 4.69) is 14.9 Å². The Morgan fingerprint density at radius 1 is 1.17 bits per heavy atom. The summed E-state index contributed by atoms with van der Waals surface area (Å²) in [6.45, 7) is 5.01. The molecule has 2 aromatic heterocycles. The van der Waals surface area contributed by atoms with E-state index in [0.29, 0.717) is 13.1 Å². The molecule has 0 aliphatic carbocycles. The molecule has 3 aromatic rings. The van der Waals surface area contributed by atoms with Crippen molar-refractivity contribution in [1.82, 2.24) is 14.9 Å². The molecule has 0 N–H and O–H groups in total. The third-order valence-corrected chi connectivity index (χ3v) is 5.16. The molecule has 1 aromatic carbocycles. The average Bonchev–Trinajstić information content (AvgIpc) is 3.15. The first kappa shape index (κ1) is 15.1. The van der Waals surface area contributed by atoms with Gasteiger partial charge in [-0.05, 0) is 19.1 Å². The summed E-state index contributed by atoms with van der Waals surface area (Å²) in [6.07, 6.45) is 1.82. The molecule has 0 radical (unpaired) electrons. The Morgan fingerprint density at radius 2 is 1.96 bits per heavy atom. The highest BCUT2D eigenvalue weighted by Gasteiger charge is 2.24. The van der Waals surface area contributed by atoms with Crippen molar-refractivity contribution in [3.05, 3.63) is 53.2 Å². The van der Waals surface area contributed by atoms with Gasteiger partial charge in [-0.3, -0.25) is 9.78 Å². The Bertz CT molecular complexity index is 870. The lowest BCUT2D eigenvalue weighted by atomic mass is 10.1. The third-order valence-electron chi connectivity index (χ3n) is 4.33. The van der Waals surface area contributed by atoms with Crippen LogP contribution in [0.4, 0.5) is 5.13 Å². The summed E-state index contributed by atoms with van der Waals surface area (Å²) in [6, 6.07) is 9.74. The van der Waals surface area contributed by atoms with E-state index in [4.69, 9.17) is 0 Å². The first-order valence-corrected chi connectivity index (χ1v) is 8.90. The van der Waals surface area contributed by atoms with E-state index >= 15 is 0 Å². The predicted molar refractivity (Wildman–Crippen MR) is 96.7 cm³/mol. The first-order valence-electron chi connectivity index (χ1n) is 8.02. The van der Waals surface area contributed by atoms with Crippen molar-refractivity contribution in [2.75, 3.05) is 31.1 Å². The molecule has 0 bridgehead atoms. The first-order chi connectivity index (χ1) is 11.7. The van der Waals surface area contributed by atoms with Gasteiger partial charge in [0.1, 0.15) is 0 Å². The fourth-order valence-corrected chi connectivity index (χ4v) is 3.82. The molecule has 122 valence electrons. The number of piperazine rings is 1. The van der Waals surface area contributed by atoms with Gasteiger partial charge in [0.2, 0.25) is 0 Å². The van der Waals surface area contributed by atoms with Gasteiger partial charge in [0, 0.05) is 48.8 Å². The minimum atomic E-state index is 0.0930. The number of carbonyl (C=O) groups excluding carboxylic acids is 1. The van der Waals surface area contributed by atoms with Crippen LogP contribution >= 0.6 is 11.3 Å². The Balaban J connectivity index is 1.57. The van der Waals surface area contributed by atoms with E-state index in [1.807, 2.05) is 53.7 Å². The van der Waals surface area contributed by atoms with Crippen LogP contribution in [0.5, 0.6) is 0 Å². The second-order valence-corrected chi connectivity index (χ2v) is 6.80. The summed E-state index contributed by atoms with van der Waals surface area (Å²) < 4.78 is 0. The zero-order chi connectivity index (χ0) is 16.5. The minimum Gasteiger partial charge on any atom is -0.345 e. The number of pyridine rings is 1. The van der Waals surface area contributed by atoms with Gasteiger partial charge in [-0.15, -0.1) is 11.3 Å².